The lowest BCUT2D eigenvalue weighted by molar-refractivity contribution is -0.123. The molecule has 0 heterocycles. The molecule has 0 bridgehead atoms. The van der Waals surface area contributed by atoms with E-state index in [4.69, 9.17) is 16.2 Å². The van der Waals surface area contributed by atoms with Crippen molar-refractivity contribution in [1.29, 1.82) is 0 Å². The molecule has 0 aliphatic carbocycles. The van der Waals surface area contributed by atoms with Crippen molar-refractivity contribution in [3.63, 3.8) is 0 Å². The predicted octanol–water partition coefficient (Wildman–Crippen LogP) is 1.57. The molecule has 0 aliphatic heterocycles. The number of hydrogen-bond acceptors (Lipinski definition) is 3. The first-order chi connectivity index (χ1) is 8.13. The summed E-state index contributed by atoms with van der Waals surface area (Å²) in [6.07, 6.45) is 0. The number of amides is 1. The molecule has 0 radical (unpaired) electrons. The van der Waals surface area contributed by atoms with E-state index in [1.807, 2.05) is 24.3 Å². The lowest BCUT2D eigenvalue weighted by Gasteiger charge is -2.23. The van der Waals surface area contributed by atoms with E-state index in [0.29, 0.717) is 5.75 Å². The fraction of sp³-hybridized carbons (Fsp3) is 0.500. The standard InChI is InChI=1S/C14H22N2O2/c1-13(2,3)10-6-5-7-11(8-10)18-9-14(4,16)12(15)17/h5-8H,9,16H2,1-4H3,(H2,15,17). The van der Waals surface area contributed by atoms with Crippen molar-refractivity contribution in [2.24, 2.45) is 11.5 Å². The van der Waals surface area contributed by atoms with Gasteiger partial charge in [0.2, 0.25) is 5.91 Å². The highest BCUT2D eigenvalue weighted by atomic mass is 16.5. The quantitative estimate of drug-likeness (QED) is 0.851. The maximum Gasteiger partial charge on any atom is 0.240 e. The van der Waals surface area contributed by atoms with Gasteiger partial charge in [-0.2, -0.15) is 0 Å². The Morgan fingerprint density at radius 1 is 1.28 bits per heavy atom. The number of hydrogen-bond donors (Lipinski definition) is 2. The Hall–Kier alpha value is -1.55. The van der Waals surface area contributed by atoms with Crippen LogP contribution < -0.4 is 16.2 Å². The maximum absolute atomic E-state index is 11.1. The average molecular weight is 250 g/mol. The summed E-state index contributed by atoms with van der Waals surface area (Å²) in [5.74, 6) is 0.120. The lowest BCUT2D eigenvalue weighted by atomic mass is 9.87. The van der Waals surface area contributed by atoms with Crippen LogP contribution in [0.25, 0.3) is 0 Å². The van der Waals surface area contributed by atoms with E-state index < -0.39 is 11.4 Å². The van der Waals surface area contributed by atoms with E-state index in [-0.39, 0.29) is 12.0 Å². The normalized spacial score (nSPS) is 14.9. The maximum atomic E-state index is 11.1. The number of rotatable bonds is 4. The molecule has 0 saturated carbocycles. The van der Waals surface area contributed by atoms with Crippen molar-refractivity contribution in [3.05, 3.63) is 29.8 Å². The molecule has 4 nitrogen and oxygen atoms in total. The van der Waals surface area contributed by atoms with Crippen LogP contribution in [0.15, 0.2) is 24.3 Å². The van der Waals surface area contributed by atoms with Crippen LogP contribution in [0.3, 0.4) is 0 Å². The van der Waals surface area contributed by atoms with Crippen LogP contribution >= 0.6 is 0 Å². The van der Waals surface area contributed by atoms with Crippen LogP contribution in [0.1, 0.15) is 33.3 Å². The summed E-state index contributed by atoms with van der Waals surface area (Å²) in [5.41, 5.74) is 11.0. The van der Waals surface area contributed by atoms with E-state index in [2.05, 4.69) is 20.8 Å². The summed E-state index contributed by atoms with van der Waals surface area (Å²) in [7, 11) is 0. The van der Waals surface area contributed by atoms with Gasteiger partial charge in [-0.15, -0.1) is 0 Å². The van der Waals surface area contributed by atoms with Crippen molar-refractivity contribution in [2.75, 3.05) is 6.61 Å². The van der Waals surface area contributed by atoms with Crippen LogP contribution in [0, 0.1) is 0 Å². The second-order valence-electron chi connectivity index (χ2n) is 5.85. The van der Waals surface area contributed by atoms with Crippen LogP contribution in [0.4, 0.5) is 0 Å². The Bertz CT molecular complexity index is 434. The van der Waals surface area contributed by atoms with Gasteiger partial charge in [-0.05, 0) is 30.0 Å². The highest BCUT2D eigenvalue weighted by Gasteiger charge is 2.26. The minimum atomic E-state index is -1.16. The van der Waals surface area contributed by atoms with E-state index in [9.17, 15) is 4.79 Å². The van der Waals surface area contributed by atoms with Gasteiger partial charge < -0.3 is 16.2 Å². The van der Waals surface area contributed by atoms with Crippen LogP contribution in [0.2, 0.25) is 0 Å². The lowest BCUT2D eigenvalue weighted by Crippen LogP contribution is -2.53. The molecular weight excluding hydrogens is 228 g/mol. The Kier molecular flexibility index (Phi) is 4.02. The molecule has 1 atom stereocenters. The minimum Gasteiger partial charge on any atom is -0.491 e. The Labute approximate surface area is 108 Å². The fourth-order valence-corrected chi connectivity index (χ4v) is 1.36. The molecule has 100 valence electrons. The predicted molar refractivity (Wildman–Crippen MR) is 72.4 cm³/mol. The topological polar surface area (TPSA) is 78.3 Å². The monoisotopic (exact) mass is 250 g/mol. The average Bonchev–Trinajstić information content (AvgIpc) is 2.25. The summed E-state index contributed by atoms with van der Waals surface area (Å²) < 4.78 is 5.54. The second kappa shape index (κ2) is 4.98. The summed E-state index contributed by atoms with van der Waals surface area (Å²) in [5, 5.41) is 0. The van der Waals surface area contributed by atoms with Crippen molar-refractivity contribution < 1.29 is 9.53 Å². The summed E-state index contributed by atoms with van der Waals surface area (Å²) >= 11 is 0. The van der Waals surface area contributed by atoms with E-state index in [1.54, 1.807) is 6.92 Å². The van der Waals surface area contributed by atoms with E-state index >= 15 is 0 Å². The van der Waals surface area contributed by atoms with Gasteiger partial charge in [0.1, 0.15) is 17.9 Å². The number of primary amides is 1. The van der Waals surface area contributed by atoms with Gasteiger partial charge in [0.05, 0.1) is 0 Å². The third-order valence-electron chi connectivity index (χ3n) is 2.80. The molecule has 1 aromatic rings. The fourth-order valence-electron chi connectivity index (χ4n) is 1.36. The number of ether oxygens (including phenoxy) is 1. The molecule has 1 unspecified atom stereocenters. The largest absolute Gasteiger partial charge is 0.491 e. The van der Waals surface area contributed by atoms with Crippen molar-refractivity contribution >= 4 is 5.91 Å². The van der Waals surface area contributed by atoms with Gasteiger partial charge in [0, 0.05) is 0 Å². The minimum absolute atomic E-state index is 0.0507. The van der Waals surface area contributed by atoms with E-state index in [1.165, 1.54) is 0 Å². The Morgan fingerprint density at radius 3 is 2.39 bits per heavy atom. The molecule has 1 aromatic carbocycles. The van der Waals surface area contributed by atoms with Gasteiger partial charge in [-0.1, -0.05) is 32.9 Å². The second-order valence-corrected chi connectivity index (χ2v) is 5.85. The molecule has 1 rings (SSSR count). The van der Waals surface area contributed by atoms with Crippen molar-refractivity contribution in [3.8, 4) is 5.75 Å². The molecule has 0 spiro atoms. The first-order valence-electron chi connectivity index (χ1n) is 5.95. The SMILES string of the molecule is CC(N)(COc1cccc(C(C)(C)C)c1)C(N)=O. The van der Waals surface area contributed by atoms with Crippen molar-refractivity contribution in [2.45, 2.75) is 38.6 Å². The Balaban J connectivity index is 2.78. The molecule has 0 aromatic heterocycles. The van der Waals surface area contributed by atoms with Crippen LogP contribution in [-0.4, -0.2) is 18.1 Å². The van der Waals surface area contributed by atoms with Gasteiger partial charge >= 0.3 is 0 Å². The zero-order valence-electron chi connectivity index (χ0n) is 11.5. The van der Waals surface area contributed by atoms with Crippen molar-refractivity contribution in [1.82, 2.24) is 0 Å². The van der Waals surface area contributed by atoms with Gasteiger partial charge in [-0.3, -0.25) is 4.79 Å². The number of carbonyl (C=O) groups is 1. The van der Waals surface area contributed by atoms with E-state index in [0.717, 1.165) is 5.56 Å². The Morgan fingerprint density at radius 2 is 1.89 bits per heavy atom. The molecule has 0 fully saturated rings. The van der Waals surface area contributed by atoms with Crippen LogP contribution in [0.5, 0.6) is 5.75 Å². The third-order valence-corrected chi connectivity index (χ3v) is 2.80. The van der Waals surface area contributed by atoms with Gasteiger partial charge in [-0.25, -0.2) is 0 Å². The van der Waals surface area contributed by atoms with Gasteiger partial charge in [0.25, 0.3) is 0 Å². The molecule has 0 aliphatic rings. The smallest absolute Gasteiger partial charge is 0.240 e. The molecular formula is C14H22N2O2. The highest BCUT2D eigenvalue weighted by Crippen LogP contribution is 2.25. The third kappa shape index (κ3) is 3.74. The summed E-state index contributed by atoms with van der Waals surface area (Å²) in [6, 6.07) is 7.76. The van der Waals surface area contributed by atoms with Gasteiger partial charge in [0.15, 0.2) is 0 Å². The molecule has 4 N–H and O–H groups in total. The molecule has 1 amide bonds. The molecule has 18 heavy (non-hydrogen) atoms. The zero-order valence-corrected chi connectivity index (χ0v) is 11.5. The number of benzene rings is 1. The zero-order chi connectivity index (χ0) is 14.0. The first kappa shape index (κ1) is 14.5. The molecule has 0 saturated heterocycles. The number of nitrogens with two attached hydrogens (primary N) is 2. The highest BCUT2D eigenvalue weighted by molar-refractivity contribution is 5.84. The van der Waals surface area contributed by atoms with Crippen LogP contribution in [-0.2, 0) is 10.2 Å². The summed E-state index contributed by atoms with van der Waals surface area (Å²) in [4.78, 5) is 11.1. The number of carbonyl (C=O) groups excluding carboxylic acids is 1. The molecule has 4 heteroatoms. The first-order valence-corrected chi connectivity index (χ1v) is 5.95. The summed E-state index contributed by atoms with van der Waals surface area (Å²) in [6.45, 7) is 8.01.